The second kappa shape index (κ2) is 4.53. The number of nitrogens with two attached hydrogens (primary N) is 1. The minimum absolute atomic E-state index is 0.239. The quantitative estimate of drug-likeness (QED) is 0.720. The third-order valence-corrected chi connectivity index (χ3v) is 2.97. The molecule has 0 aliphatic carbocycles. The summed E-state index contributed by atoms with van der Waals surface area (Å²) in [7, 11) is 0. The normalized spacial score (nSPS) is 12.5. The van der Waals surface area contributed by atoms with Crippen molar-refractivity contribution in [3.63, 3.8) is 0 Å². The molecular weight excluding hydrogens is 206 g/mol. The van der Waals surface area contributed by atoms with E-state index in [0.717, 1.165) is 22.3 Å². The zero-order chi connectivity index (χ0) is 12.5. The summed E-state index contributed by atoms with van der Waals surface area (Å²) in [4.78, 5) is 10.7. The highest BCUT2D eigenvalue weighted by atomic mass is 16.4. The van der Waals surface area contributed by atoms with Crippen LogP contribution in [-0.2, 0) is 11.2 Å². The topological polar surface area (TPSA) is 83.5 Å². The zero-order valence-corrected chi connectivity index (χ0v) is 9.74. The van der Waals surface area contributed by atoms with Crippen LogP contribution < -0.4 is 5.73 Å². The largest absolute Gasteiger partial charge is 0.508 e. The molecule has 0 fully saturated rings. The molecule has 1 atom stereocenters. The average Bonchev–Trinajstić information content (AvgIpc) is 2.20. The van der Waals surface area contributed by atoms with Gasteiger partial charge in [0.2, 0.25) is 0 Å². The van der Waals surface area contributed by atoms with Crippen molar-refractivity contribution in [1.82, 2.24) is 0 Å². The molecule has 0 aliphatic heterocycles. The van der Waals surface area contributed by atoms with Gasteiger partial charge in [-0.25, -0.2) is 0 Å². The van der Waals surface area contributed by atoms with Crippen LogP contribution in [0.15, 0.2) is 6.07 Å². The highest BCUT2D eigenvalue weighted by Crippen LogP contribution is 2.27. The van der Waals surface area contributed by atoms with Crippen molar-refractivity contribution >= 4 is 5.97 Å². The molecule has 1 rings (SSSR count). The number of phenolic OH excluding ortho intramolecular Hbond substituents is 1. The highest BCUT2D eigenvalue weighted by molar-refractivity contribution is 5.73. The Kier molecular flexibility index (Phi) is 3.55. The van der Waals surface area contributed by atoms with Gasteiger partial charge in [0.1, 0.15) is 11.8 Å². The first-order valence-corrected chi connectivity index (χ1v) is 5.11. The highest BCUT2D eigenvalue weighted by Gasteiger charge is 2.17. The number of aromatic hydroxyl groups is 1. The van der Waals surface area contributed by atoms with Gasteiger partial charge in [-0.1, -0.05) is 0 Å². The number of aryl methyl sites for hydroxylation is 1. The number of hydrogen-bond acceptors (Lipinski definition) is 3. The van der Waals surface area contributed by atoms with Crippen molar-refractivity contribution in [1.29, 1.82) is 0 Å². The van der Waals surface area contributed by atoms with Crippen molar-refractivity contribution in [2.75, 3.05) is 0 Å². The van der Waals surface area contributed by atoms with Crippen LogP contribution in [0.5, 0.6) is 5.75 Å². The number of carbonyl (C=O) groups is 1. The standard InChI is InChI=1S/C12H17NO3/c1-6-4-11(14)8(3)7(2)9(6)5-10(13)12(15)16/h4,10,14H,5,13H2,1-3H3,(H,15,16)/t10-/m0/s1. The molecule has 16 heavy (non-hydrogen) atoms. The van der Waals surface area contributed by atoms with Gasteiger partial charge in [0.15, 0.2) is 0 Å². The van der Waals surface area contributed by atoms with Gasteiger partial charge < -0.3 is 15.9 Å². The predicted octanol–water partition coefficient (Wildman–Crippen LogP) is 1.27. The molecule has 4 N–H and O–H groups in total. The fraction of sp³-hybridized carbons (Fsp3) is 0.417. The van der Waals surface area contributed by atoms with E-state index in [2.05, 4.69) is 0 Å². The molecule has 0 radical (unpaired) electrons. The summed E-state index contributed by atoms with van der Waals surface area (Å²) in [5.41, 5.74) is 8.98. The van der Waals surface area contributed by atoms with E-state index in [9.17, 15) is 9.90 Å². The minimum atomic E-state index is -1.01. The van der Waals surface area contributed by atoms with Gasteiger partial charge in [-0.3, -0.25) is 4.79 Å². The van der Waals surface area contributed by atoms with Crippen LogP contribution in [0.1, 0.15) is 22.3 Å². The summed E-state index contributed by atoms with van der Waals surface area (Å²) >= 11 is 0. The molecule has 1 aromatic rings. The first kappa shape index (κ1) is 12.5. The van der Waals surface area contributed by atoms with Gasteiger partial charge in [-0.05, 0) is 55.5 Å². The Morgan fingerprint density at radius 3 is 2.44 bits per heavy atom. The van der Waals surface area contributed by atoms with E-state index in [1.165, 1.54) is 0 Å². The van der Waals surface area contributed by atoms with Crippen molar-refractivity contribution in [3.05, 3.63) is 28.3 Å². The number of aliphatic carboxylic acids is 1. The smallest absolute Gasteiger partial charge is 0.320 e. The van der Waals surface area contributed by atoms with Crippen molar-refractivity contribution in [2.45, 2.75) is 33.2 Å². The molecule has 0 aromatic heterocycles. The second-order valence-corrected chi connectivity index (χ2v) is 4.09. The van der Waals surface area contributed by atoms with E-state index in [1.807, 2.05) is 13.8 Å². The van der Waals surface area contributed by atoms with E-state index < -0.39 is 12.0 Å². The number of carboxylic acids is 1. The van der Waals surface area contributed by atoms with E-state index in [0.29, 0.717) is 0 Å². The molecule has 0 unspecified atom stereocenters. The van der Waals surface area contributed by atoms with Crippen molar-refractivity contribution < 1.29 is 15.0 Å². The van der Waals surface area contributed by atoms with Crippen LogP contribution in [0.4, 0.5) is 0 Å². The van der Waals surface area contributed by atoms with E-state index in [1.54, 1.807) is 13.0 Å². The minimum Gasteiger partial charge on any atom is -0.508 e. The summed E-state index contributed by atoms with van der Waals surface area (Å²) in [6.45, 7) is 5.52. The van der Waals surface area contributed by atoms with Gasteiger partial charge in [0, 0.05) is 0 Å². The molecule has 0 heterocycles. The van der Waals surface area contributed by atoms with Crippen LogP contribution in [0.3, 0.4) is 0 Å². The van der Waals surface area contributed by atoms with Gasteiger partial charge in [0.05, 0.1) is 0 Å². The Bertz CT molecular complexity index is 427. The molecule has 0 bridgehead atoms. The maximum absolute atomic E-state index is 10.7. The molecule has 0 spiro atoms. The van der Waals surface area contributed by atoms with E-state index >= 15 is 0 Å². The lowest BCUT2D eigenvalue weighted by molar-refractivity contribution is -0.138. The lowest BCUT2D eigenvalue weighted by Crippen LogP contribution is -2.32. The fourth-order valence-corrected chi connectivity index (χ4v) is 1.74. The van der Waals surface area contributed by atoms with Gasteiger partial charge in [-0.2, -0.15) is 0 Å². The number of rotatable bonds is 3. The Balaban J connectivity index is 3.14. The molecule has 0 aliphatic rings. The number of carboxylic acid groups (broad SMARTS) is 1. The molecule has 4 nitrogen and oxygen atoms in total. The number of benzene rings is 1. The maximum Gasteiger partial charge on any atom is 0.320 e. The van der Waals surface area contributed by atoms with Crippen molar-refractivity contribution in [3.8, 4) is 5.75 Å². The first-order chi connectivity index (χ1) is 7.34. The molecule has 1 aromatic carbocycles. The Labute approximate surface area is 94.7 Å². The lowest BCUT2D eigenvalue weighted by atomic mass is 9.93. The van der Waals surface area contributed by atoms with Crippen LogP contribution in [0.2, 0.25) is 0 Å². The first-order valence-electron chi connectivity index (χ1n) is 5.11. The third-order valence-electron chi connectivity index (χ3n) is 2.97. The SMILES string of the molecule is Cc1cc(O)c(C)c(C)c1C[C@H](N)C(=O)O. The van der Waals surface area contributed by atoms with Crippen molar-refractivity contribution in [2.24, 2.45) is 5.73 Å². The van der Waals surface area contributed by atoms with Crippen LogP contribution in [-0.4, -0.2) is 22.2 Å². The lowest BCUT2D eigenvalue weighted by Gasteiger charge is -2.15. The van der Waals surface area contributed by atoms with Gasteiger partial charge in [0.25, 0.3) is 0 Å². The van der Waals surface area contributed by atoms with Crippen LogP contribution >= 0.6 is 0 Å². The number of phenols is 1. The predicted molar refractivity (Wildman–Crippen MR) is 61.6 cm³/mol. The summed E-state index contributed by atoms with van der Waals surface area (Å²) in [5.74, 6) is -0.771. The fourth-order valence-electron chi connectivity index (χ4n) is 1.74. The molecule has 0 amide bonds. The molecular formula is C12H17NO3. The van der Waals surface area contributed by atoms with Gasteiger partial charge in [-0.15, -0.1) is 0 Å². The average molecular weight is 223 g/mol. The van der Waals surface area contributed by atoms with E-state index in [-0.39, 0.29) is 12.2 Å². The Morgan fingerprint density at radius 2 is 1.94 bits per heavy atom. The monoisotopic (exact) mass is 223 g/mol. The Morgan fingerprint density at radius 1 is 1.38 bits per heavy atom. The molecule has 88 valence electrons. The summed E-state index contributed by atoms with van der Waals surface area (Å²) in [6, 6.07) is 0.744. The molecule has 0 saturated heterocycles. The molecule has 0 saturated carbocycles. The van der Waals surface area contributed by atoms with Crippen LogP contribution in [0, 0.1) is 20.8 Å². The van der Waals surface area contributed by atoms with E-state index in [4.69, 9.17) is 10.8 Å². The Hall–Kier alpha value is -1.55. The van der Waals surface area contributed by atoms with Crippen LogP contribution in [0.25, 0.3) is 0 Å². The van der Waals surface area contributed by atoms with Gasteiger partial charge >= 0.3 is 5.97 Å². The second-order valence-electron chi connectivity index (χ2n) is 4.09. The summed E-state index contributed by atoms with van der Waals surface area (Å²) in [5, 5.41) is 18.4. The number of hydrogen-bond donors (Lipinski definition) is 3. The maximum atomic E-state index is 10.7. The third kappa shape index (κ3) is 2.33. The zero-order valence-electron chi connectivity index (χ0n) is 9.74. The molecule has 4 heteroatoms. The summed E-state index contributed by atoms with van der Waals surface area (Å²) in [6.07, 6.45) is 0.286. The summed E-state index contributed by atoms with van der Waals surface area (Å²) < 4.78 is 0.